The first kappa shape index (κ1) is 14.5. The van der Waals surface area contributed by atoms with Gasteiger partial charge in [0.05, 0.1) is 0 Å². The number of nitrogens with one attached hydrogen (secondary N) is 1. The van der Waals surface area contributed by atoms with Gasteiger partial charge in [0.2, 0.25) is 0 Å². The van der Waals surface area contributed by atoms with E-state index in [1.807, 2.05) is 19.1 Å². The van der Waals surface area contributed by atoms with Crippen LogP contribution in [-0.2, 0) is 0 Å². The molecule has 20 heavy (non-hydrogen) atoms. The molecule has 0 aliphatic rings. The molecule has 0 radical (unpaired) electrons. The van der Waals surface area contributed by atoms with Gasteiger partial charge in [-0.1, -0.05) is 34.1 Å². The highest BCUT2D eigenvalue weighted by molar-refractivity contribution is 9.10. The van der Waals surface area contributed by atoms with Gasteiger partial charge in [0, 0.05) is 21.3 Å². The Kier molecular flexibility index (Phi) is 4.35. The summed E-state index contributed by atoms with van der Waals surface area (Å²) >= 11 is 3.34. The molecule has 0 aliphatic carbocycles. The Morgan fingerprint density at radius 2 is 1.80 bits per heavy atom. The van der Waals surface area contributed by atoms with Crippen LogP contribution in [0.5, 0.6) is 0 Å². The smallest absolute Gasteiger partial charge is 0.255 e. The minimum absolute atomic E-state index is 0.0250. The molecule has 0 bridgehead atoms. The van der Waals surface area contributed by atoms with Crippen molar-refractivity contribution in [2.75, 3.05) is 5.32 Å². The minimum atomic E-state index is -0.199. The second-order valence-electron chi connectivity index (χ2n) is 4.55. The molecule has 2 aromatic carbocycles. The number of halogens is 1. The van der Waals surface area contributed by atoms with E-state index in [0.29, 0.717) is 16.8 Å². The fraction of sp³-hybridized carbons (Fsp3) is 0.125. The highest BCUT2D eigenvalue weighted by Gasteiger charge is 2.09. The first-order valence-corrected chi connectivity index (χ1v) is 6.95. The molecule has 2 aromatic rings. The minimum Gasteiger partial charge on any atom is -0.322 e. The highest BCUT2D eigenvalue weighted by Crippen LogP contribution is 2.19. The standard InChI is InChI=1S/C16H14BrNO2/c1-10-6-7-12(11(2)19)9-15(10)18-16(20)13-4-3-5-14(17)8-13/h3-9H,1-2H3,(H,18,20). The molecule has 0 unspecified atom stereocenters. The van der Waals surface area contributed by atoms with E-state index in [-0.39, 0.29) is 11.7 Å². The van der Waals surface area contributed by atoms with E-state index in [2.05, 4.69) is 21.2 Å². The predicted octanol–water partition coefficient (Wildman–Crippen LogP) is 4.21. The van der Waals surface area contributed by atoms with Gasteiger partial charge in [0.25, 0.3) is 5.91 Å². The van der Waals surface area contributed by atoms with Crippen LogP contribution in [0.15, 0.2) is 46.9 Å². The molecule has 1 amide bonds. The molecular weight excluding hydrogens is 318 g/mol. The van der Waals surface area contributed by atoms with Gasteiger partial charge in [-0.15, -0.1) is 0 Å². The molecule has 0 heterocycles. The molecule has 2 rings (SSSR count). The summed E-state index contributed by atoms with van der Waals surface area (Å²) in [6.45, 7) is 3.39. The molecule has 0 saturated carbocycles. The summed E-state index contributed by atoms with van der Waals surface area (Å²) in [5.41, 5.74) is 2.72. The van der Waals surface area contributed by atoms with Crippen molar-refractivity contribution in [3.63, 3.8) is 0 Å². The number of ketones is 1. The number of hydrogen-bond donors (Lipinski definition) is 1. The van der Waals surface area contributed by atoms with E-state index in [9.17, 15) is 9.59 Å². The van der Waals surface area contributed by atoms with Gasteiger partial charge in [-0.25, -0.2) is 0 Å². The number of benzene rings is 2. The lowest BCUT2D eigenvalue weighted by atomic mass is 10.1. The second kappa shape index (κ2) is 6.01. The van der Waals surface area contributed by atoms with E-state index in [4.69, 9.17) is 0 Å². The van der Waals surface area contributed by atoms with Crippen LogP contribution < -0.4 is 5.32 Å². The zero-order valence-electron chi connectivity index (χ0n) is 11.2. The van der Waals surface area contributed by atoms with Crippen molar-refractivity contribution in [1.82, 2.24) is 0 Å². The molecule has 1 N–H and O–H groups in total. The Labute approximate surface area is 126 Å². The lowest BCUT2D eigenvalue weighted by Crippen LogP contribution is -2.13. The van der Waals surface area contributed by atoms with Crippen LogP contribution in [-0.4, -0.2) is 11.7 Å². The third-order valence-electron chi connectivity index (χ3n) is 2.98. The Hall–Kier alpha value is -1.94. The summed E-state index contributed by atoms with van der Waals surface area (Å²) in [5.74, 6) is -0.224. The number of amides is 1. The quantitative estimate of drug-likeness (QED) is 0.856. The van der Waals surface area contributed by atoms with Crippen LogP contribution in [0.4, 0.5) is 5.69 Å². The maximum Gasteiger partial charge on any atom is 0.255 e. The molecular formula is C16H14BrNO2. The summed E-state index contributed by atoms with van der Waals surface area (Å²) in [4.78, 5) is 23.6. The number of hydrogen-bond acceptors (Lipinski definition) is 2. The van der Waals surface area contributed by atoms with Crippen molar-refractivity contribution in [2.24, 2.45) is 0 Å². The van der Waals surface area contributed by atoms with Gasteiger partial charge >= 0.3 is 0 Å². The Morgan fingerprint density at radius 3 is 2.45 bits per heavy atom. The maximum absolute atomic E-state index is 12.2. The SMILES string of the molecule is CC(=O)c1ccc(C)c(NC(=O)c2cccc(Br)c2)c1. The monoisotopic (exact) mass is 331 g/mol. The van der Waals surface area contributed by atoms with Crippen molar-refractivity contribution < 1.29 is 9.59 Å². The second-order valence-corrected chi connectivity index (χ2v) is 5.47. The molecule has 4 heteroatoms. The number of Topliss-reactive ketones (excluding diaryl/α,β-unsaturated/α-hetero) is 1. The Morgan fingerprint density at radius 1 is 1.05 bits per heavy atom. The summed E-state index contributed by atoms with van der Waals surface area (Å²) in [6.07, 6.45) is 0. The fourth-order valence-electron chi connectivity index (χ4n) is 1.80. The molecule has 3 nitrogen and oxygen atoms in total. The topological polar surface area (TPSA) is 46.2 Å². The number of carbonyl (C=O) groups is 2. The fourth-order valence-corrected chi connectivity index (χ4v) is 2.20. The lowest BCUT2D eigenvalue weighted by molar-refractivity contribution is 0.101. The molecule has 0 atom stereocenters. The van der Waals surface area contributed by atoms with Crippen molar-refractivity contribution >= 4 is 33.3 Å². The lowest BCUT2D eigenvalue weighted by Gasteiger charge is -2.10. The van der Waals surface area contributed by atoms with Crippen molar-refractivity contribution in [1.29, 1.82) is 0 Å². The number of carbonyl (C=O) groups excluding carboxylic acids is 2. The van der Waals surface area contributed by atoms with Crippen molar-refractivity contribution in [3.05, 3.63) is 63.6 Å². The van der Waals surface area contributed by atoms with Crippen molar-refractivity contribution in [3.8, 4) is 0 Å². The summed E-state index contributed by atoms with van der Waals surface area (Å²) in [7, 11) is 0. The van der Waals surface area contributed by atoms with E-state index < -0.39 is 0 Å². The van der Waals surface area contributed by atoms with Gasteiger partial charge in [-0.3, -0.25) is 9.59 Å². The van der Waals surface area contributed by atoms with E-state index in [1.54, 1.807) is 30.3 Å². The highest BCUT2D eigenvalue weighted by atomic mass is 79.9. The van der Waals surface area contributed by atoms with E-state index in [0.717, 1.165) is 10.0 Å². The van der Waals surface area contributed by atoms with Gasteiger partial charge in [0.15, 0.2) is 5.78 Å². The van der Waals surface area contributed by atoms with Gasteiger partial charge < -0.3 is 5.32 Å². The van der Waals surface area contributed by atoms with Crippen molar-refractivity contribution in [2.45, 2.75) is 13.8 Å². The Balaban J connectivity index is 2.27. The maximum atomic E-state index is 12.2. The zero-order valence-corrected chi connectivity index (χ0v) is 12.8. The van der Waals surface area contributed by atoms with Gasteiger partial charge in [-0.2, -0.15) is 0 Å². The summed E-state index contributed by atoms with van der Waals surface area (Å²) < 4.78 is 0.847. The summed E-state index contributed by atoms with van der Waals surface area (Å²) in [6, 6.07) is 12.4. The van der Waals surface area contributed by atoms with Crippen LogP contribution in [0.1, 0.15) is 33.2 Å². The van der Waals surface area contributed by atoms with Crippen LogP contribution in [0, 0.1) is 6.92 Å². The predicted molar refractivity (Wildman–Crippen MR) is 83.3 cm³/mol. The van der Waals surface area contributed by atoms with Crippen LogP contribution >= 0.6 is 15.9 Å². The van der Waals surface area contributed by atoms with Crippen LogP contribution in [0.3, 0.4) is 0 Å². The summed E-state index contributed by atoms with van der Waals surface area (Å²) in [5, 5.41) is 2.84. The van der Waals surface area contributed by atoms with Crippen LogP contribution in [0.25, 0.3) is 0 Å². The third-order valence-corrected chi connectivity index (χ3v) is 3.47. The third kappa shape index (κ3) is 3.33. The van der Waals surface area contributed by atoms with Gasteiger partial charge in [0.1, 0.15) is 0 Å². The molecule has 0 aliphatic heterocycles. The average molecular weight is 332 g/mol. The first-order chi connectivity index (χ1) is 9.47. The molecule has 0 fully saturated rings. The first-order valence-electron chi connectivity index (χ1n) is 6.16. The van der Waals surface area contributed by atoms with E-state index in [1.165, 1.54) is 6.92 Å². The molecule has 0 spiro atoms. The zero-order chi connectivity index (χ0) is 14.7. The number of aryl methyl sites for hydroxylation is 1. The Bertz CT molecular complexity index is 680. The largest absolute Gasteiger partial charge is 0.322 e. The van der Waals surface area contributed by atoms with Gasteiger partial charge in [-0.05, 0) is 43.7 Å². The molecule has 102 valence electrons. The molecule has 0 saturated heterocycles. The van der Waals surface area contributed by atoms with E-state index >= 15 is 0 Å². The van der Waals surface area contributed by atoms with Crippen LogP contribution in [0.2, 0.25) is 0 Å². The number of rotatable bonds is 3. The normalized spacial score (nSPS) is 10.2. The number of anilines is 1. The molecule has 0 aromatic heterocycles. The average Bonchev–Trinajstić information content (AvgIpc) is 2.41.